The number of hydrogen-bond donors (Lipinski definition) is 2. The van der Waals surface area contributed by atoms with Crippen LogP contribution in [0.1, 0.15) is 25.0 Å². The van der Waals surface area contributed by atoms with Crippen molar-refractivity contribution in [3.8, 4) is 11.5 Å². The van der Waals surface area contributed by atoms with Crippen LogP contribution in [-0.2, 0) is 4.79 Å². The van der Waals surface area contributed by atoms with E-state index < -0.39 is 12.0 Å². The first-order chi connectivity index (χ1) is 8.04. The Morgan fingerprint density at radius 2 is 2.18 bits per heavy atom. The van der Waals surface area contributed by atoms with Gasteiger partial charge in [0.15, 0.2) is 11.5 Å². The van der Waals surface area contributed by atoms with Gasteiger partial charge in [-0.2, -0.15) is 0 Å². The molecule has 1 atom stereocenters. The molecule has 1 aromatic rings. The molecular formula is C12H17NO4. The van der Waals surface area contributed by atoms with E-state index in [4.69, 9.17) is 15.2 Å². The van der Waals surface area contributed by atoms with Gasteiger partial charge in [0, 0.05) is 0 Å². The Labute approximate surface area is 100 Å². The van der Waals surface area contributed by atoms with E-state index in [1.165, 1.54) is 7.11 Å². The number of carbonyl (C=O) groups excluding carboxylic acids is 1. The maximum atomic E-state index is 10.6. The second-order valence-electron chi connectivity index (χ2n) is 3.65. The molecule has 1 aromatic carbocycles. The zero-order valence-electron chi connectivity index (χ0n) is 9.97. The molecule has 0 bridgehead atoms. The van der Waals surface area contributed by atoms with E-state index in [0.717, 1.165) is 5.56 Å². The quantitative estimate of drug-likeness (QED) is 0.776. The number of benzene rings is 1. The summed E-state index contributed by atoms with van der Waals surface area (Å²) in [4.78, 5) is 10.6. The van der Waals surface area contributed by atoms with Gasteiger partial charge in [-0.3, -0.25) is 4.79 Å². The molecule has 0 spiro atoms. The molecule has 0 radical (unpaired) electrons. The maximum absolute atomic E-state index is 10.6. The van der Waals surface area contributed by atoms with Crippen molar-refractivity contribution in [1.29, 1.82) is 0 Å². The number of carbonyl (C=O) groups is 1. The van der Waals surface area contributed by atoms with Crippen molar-refractivity contribution in [3.05, 3.63) is 23.8 Å². The van der Waals surface area contributed by atoms with Crippen LogP contribution in [0.25, 0.3) is 0 Å². The van der Waals surface area contributed by atoms with E-state index in [9.17, 15) is 9.90 Å². The van der Waals surface area contributed by atoms with Crippen LogP contribution in [0.5, 0.6) is 11.5 Å². The van der Waals surface area contributed by atoms with Gasteiger partial charge in [0.2, 0.25) is 5.91 Å². The highest BCUT2D eigenvalue weighted by molar-refractivity contribution is 5.73. The number of aliphatic hydroxyl groups excluding tert-OH is 1. The molecule has 0 fully saturated rings. The van der Waals surface area contributed by atoms with Gasteiger partial charge in [-0.15, -0.1) is 0 Å². The number of hydrogen-bond acceptors (Lipinski definition) is 4. The van der Waals surface area contributed by atoms with Gasteiger partial charge in [-0.1, -0.05) is 6.07 Å². The lowest BCUT2D eigenvalue weighted by molar-refractivity contribution is -0.118. The summed E-state index contributed by atoms with van der Waals surface area (Å²) >= 11 is 0. The van der Waals surface area contributed by atoms with Crippen molar-refractivity contribution < 1.29 is 19.4 Å². The molecule has 0 heterocycles. The molecule has 5 heteroatoms. The van der Waals surface area contributed by atoms with Gasteiger partial charge in [0.05, 0.1) is 26.2 Å². The van der Waals surface area contributed by atoms with Crippen molar-refractivity contribution in [2.24, 2.45) is 5.73 Å². The van der Waals surface area contributed by atoms with Crippen molar-refractivity contribution in [2.75, 3.05) is 13.7 Å². The van der Waals surface area contributed by atoms with E-state index in [-0.39, 0.29) is 13.0 Å². The summed E-state index contributed by atoms with van der Waals surface area (Å²) in [7, 11) is 1.52. The van der Waals surface area contributed by atoms with Crippen LogP contribution >= 0.6 is 0 Å². The normalized spacial score (nSPS) is 11.9. The molecule has 0 aliphatic carbocycles. The molecule has 0 aliphatic rings. The van der Waals surface area contributed by atoms with Crippen LogP contribution in [0.3, 0.4) is 0 Å². The Morgan fingerprint density at radius 3 is 2.71 bits per heavy atom. The van der Waals surface area contributed by atoms with Crippen LogP contribution < -0.4 is 15.2 Å². The topological polar surface area (TPSA) is 81.8 Å². The third kappa shape index (κ3) is 3.96. The summed E-state index contributed by atoms with van der Waals surface area (Å²) < 4.78 is 10.5. The Bertz CT molecular complexity index is 390. The summed E-state index contributed by atoms with van der Waals surface area (Å²) in [6.45, 7) is 1.88. The first kappa shape index (κ1) is 13.3. The van der Waals surface area contributed by atoms with Crippen LogP contribution in [0.2, 0.25) is 0 Å². The van der Waals surface area contributed by atoms with Crippen molar-refractivity contribution in [3.63, 3.8) is 0 Å². The van der Waals surface area contributed by atoms with Crippen molar-refractivity contribution in [2.45, 2.75) is 19.4 Å². The number of primary amides is 1. The van der Waals surface area contributed by atoms with Gasteiger partial charge in [0.25, 0.3) is 0 Å². The van der Waals surface area contributed by atoms with Gasteiger partial charge in [-0.05, 0) is 24.6 Å². The van der Waals surface area contributed by atoms with Gasteiger partial charge in [-0.25, -0.2) is 0 Å². The zero-order valence-corrected chi connectivity index (χ0v) is 9.97. The largest absolute Gasteiger partial charge is 0.493 e. The number of amides is 1. The number of aliphatic hydroxyl groups is 1. The molecule has 17 heavy (non-hydrogen) atoms. The second kappa shape index (κ2) is 6.10. The van der Waals surface area contributed by atoms with Gasteiger partial charge < -0.3 is 20.3 Å². The fourth-order valence-electron chi connectivity index (χ4n) is 1.32. The first-order valence-electron chi connectivity index (χ1n) is 5.31. The van der Waals surface area contributed by atoms with Crippen LogP contribution in [-0.4, -0.2) is 24.7 Å². The highest BCUT2D eigenvalue weighted by atomic mass is 16.5. The molecule has 0 saturated heterocycles. The molecule has 0 aliphatic heterocycles. The monoisotopic (exact) mass is 239 g/mol. The molecule has 0 saturated carbocycles. The lowest BCUT2D eigenvalue weighted by atomic mass is 10.1. The fraction of sp³-hybridized carbons (Fsp3) is 0.417. The average Bonchev–Trinajstić information content (AvgIpc) is 2.28. The lowest BCUT2D eigenvalue weighted by Crippen LogP contribution is -2.14. The van der Waals surface area contributed by atoms with E-state index in [0.29, 0.717) is 11.5 Å². The maximum Gasteiger partial charge on any atom is 0.220 e. The minimum Gasteiger partial charge on any atom is -0.493 e. The van der Waals surface area contributed by atoms with Crippen molar-refractivity contribution in [1.82, 2.24) is 0 Å². The standard InChI is InChI=1S/C12H17NO4/c1-8(14)9-3-4-10(11(7-9)16-2)17-6-5-12(13)15/h3-4,7-8,14H,5-6H2,1-2H3,(H2,13,15)/t8-/m0/s1. The predicted octanol–water partition coefficient (Wildman–Crippen LogP) is 1.00. The minimum absolute atomic E-state index is 0.154. The van der Waals surface area contributed by atoms with Crippen molar-refractivity contribution >= 4 is 5.91 Å². The molecule has 5 nitrogen and oxygen atoms in total. The average molecular weight is 239 g/mol. The van der Waals surface area contributed by atoms with Crippen LogP contribution in [0.4, 0.5) is 0 Å². The SMILES string of the molecule is COc1cc([C@H](C)O)ccc1OCCC(N)=O. The number of rotatable bonds is 6. The highest BCUT2D eigenvalue weighted by Crippen LogP contribution is 2.30. The zero-order chi connectivity index (χ0) is 12.8. The molecular weight excluding hydrogens is 222 g/mol. The summed E-state index contributed by atoms with van der Waals surface area (Å²) in [5.74, 6) is 0.635. The van der Waals surface area contributed by atoms with E-state index in [1.54, 1.807) is 25.1 Å². The highest BCUT2D eigenvalue weighted by Gasteiger charge is 2.08. The fourth-order valence-corrected chi connectivity index (χ4v) is 1.32. The van der Waals surface area contributed by atoms with Crippen LogP contribution in [0.15, 0.2) is 18.2 Å². The summed E-state index contributed by atoms with van der Waals surface area (Å²) in [5.41, 5.74) is 5.75. The molecule has 1 rings (SSSR count). The lowest BCUT2D eigenvalue weighted by Gasteiger charge is -2.12. The predicted molar refractivity (Wildman–Crippen MR) is 62.9 cm³/mol. The van der Waals surface area contributed by atoms with Crippen LogP contribution in [0, 0.1) is 0 Å². The third-order valence-corrected chi connectivity index (χ3v) is 2.28. The number of ether oxygens (including phenoxy) is 2. The molecule has 1 amide bonds. The summed E-state index contributed by atoms with van der Waals surface area (Å²) in [5, 5.41) is 9.43. The molecule has 0 aromatic heterocycles. The van der Waals surface area contributed by atoms with Gasteiger partial charge >= 0.3 is 0 Å². The first-order valence-corrected chi connectivity index (χ1v) is 5.31. The number of nitrogens with two attached hydrogens (primary N) is 1. The molecule has 3 N–H and O–H groups in total. The summed E-state index contributed by atoms with van der Waals surface area (Å²) in [6.07, 6.45) is -0.412. The van der Waals surface area contributed by atoms with Gasteiger partial charge in [0.1, 0.15) is 0 Å². The second-order valence-corrected chi connectivity index (χ2v) is 3.65. The van der Waals surface area contributed by atoms with E-state index in [1.807, 2.05) is 0 Å². The minimum atomic E-state index is -0.566. The Morgan fingerprint density at radius 1 is 1.47 bits per heavy atom. The Balaban J connectivity index is 2.74. The Hall–Kier alpha value is -1.75. The number of methoxy groups -OCH3 is 1. The third-order valence-electron chi connectivity index (χ3n) is 2.28. The Kier molecular flexibility index (Phi) is 4.78. The molecule has 0 unspecified atom stereocenters. The van der Waals surface area contributed by atoms with E-state index >= 15 is 0 Å². The summed E-state index contributed by atoms with van der Waals surface area (Å²) in [6, 6.07) is 5.14. The smallest absolute Gasteiger partial charge is 0.220 e. The molecule has 94 valence electrons. The van der Waals surface area contributed by atoms with E-state index in [2.05, 4.69) is 0 Å².